The predicted octanol–water partition coefficient (Wildman–Crippen LogP) is 3.67. The number of thiazole rings is 1. The number of hydrogen-bond donors (Lipinski definition) is 0. The van der Waals surface area contributed by atoms with Crippen molar-refractivity contribution >= 4 is 23.4 Å². The van der Waals surface area contributed by atoms with Crippen molar-refractivity contribution in [2.24, 2.45) is 4.99 Å². The number of aromatic nitrogens is 1. The zero-order chi connectivity index (χ0) is 24.2. The molecule has 0 N–H and O–H groups in total. The summed E-state index contributed by atoms with van der Waals surface area (Å²) in [6, 6.07) is 14.7. The zero-order valence-corrected chi connectivity index (χ0v) is 20.2. The lowest BCUT2D eigenvalue weighted by atomic mass is 9.95. The second-order valence-corrected chi connectivity index (χ2v) is 8.86. The normalized spacial score (nSPS) is 15.5. The second kappa shape index (κ2) is 10.1. The Morgan fingerprint density at radius 2 is 1.91 bits per heavy atom. The van der Waals surface area contributed by atoms with Crippen LogP contribution < -0.4 is 19.6 Å². The van der Waals surface area contributed by atoms with Crippen molar-refractivity contribution in [1.82, 2.24) is 4.57 Å². The minimum absolute atomic E-state index is 0.220. The fourth-order valence-electron chi connectivity index (χ4n) is 3.88. The lowest BCUT2D eigenvalue weighted by Gasteiger charge is -2.24. The summed E-state index contributed by atoms with van der Waals surface area (Å²) in [5.41, 5.74) is 3.40. The summed E-state index contributed by atoms with van der Waals surface area (Å²) in [5.74, 6) is 0.193. The molecule has 0 saturated heterocycles. The topological polar surface area (TPSA) is 69.9 Å². The number of nitrogens with zero attached hydrogens (tertiary/aromatic N) is 2. The first-order valence-corrected chi connectivity index (χ1v) is 11.8. The van der Waals surface area contributed by atoms with Crippen LogP contribution in [0.1, 0.15) is 36.6 Å². The number of ether oxygens (including phenoxy) is 2. The predicted molar refractivity (Wildman–Crippen MR) is 134 cm³/mol. The van der Waals surface area contributed by atoms with E-state index in [0.29, 0.717) is 33.0 Å². The molecule has 2 heterocycles. The number of carbonyl (C=O) groups is 1. The van der Waals surface area contributed by atoms with E-state index in [1.165, 1.54) is 11.3 Å². The van der Waals surface area contributed by atoms with Crippen LogP contribution in [-0.2, 0) is 9.53 Å². The van der Waals surface area contributed by atoms with E-state index in [2.05, 4.69) is 11.6 Å². The minimum atomic E-state index is -0.620. The molecule has 0 radical (unpaired) electrons. The molecule has 0 saturated carbocycles. The number of para-hydroxylation sites is 1. The molecule has 3 aromatic rings. The van der Waals surface area contributed by atoms with Crippen LogP contribution in [0.15, 0.2) is 82.2 Å². The molecule has 7 heteroatoms. The van der Waals surface area contributed by atoms with Crippen LogP contribution in [0.4, 0.5) is 0 Å². The number of fused-ring (bicyclic) bond motifs is 1. The highest BCUT2D eigenvalue weighted by Crippen LogP contribution is 2.30. The summed E-state index contributed by atoms with van der Waals surface area (Å²) >= 11 is 1.29. The number of esters is 1. The first kappa shape index (κ1) is 23.4. The van der Waals surface area contributed by atoms with Crippen LogP contribution in [0, 0.1) is 6.92 Å². The SMILES string of the molecule is C=CCOc1ccccc1/C=c1/sc2n(c1=O)[C@H](c1ccc(C)cc1)C(C(=O)OCC)=C(C)N=2. The van der Waals surface area contributed by atoms with E-state index in [1.807, 2.05) is 55.5 Å². The summed E-state index contributed by atoms with van der Waals surface area (Å²) in [7, 11) is 0. The zero-order valence-electron chi connectivity index (χ0n) is 19.4. The van der Waals surface area contributed by atoms with E-state index in [-0.39, 0.29) is 12.2 Å². The van der Waals surface area contributed by atoms with Gasteiger partial charge in [0.05, 0.1) is 28.5 Å². The second-order valence-electron chi connectivity index (χ2n) is 7.85. The Bertz CT molecular complexity index is 1440. The van der Waals surface area contributed by atoms with E-state index in [1.54, 1.807) is 30.6 Å². The molecule has 2 aromatic carbocycles. The van der Waals surface area contributed by atoms with Crippen LogP contribution >= 0.6 is 11.3 Å². The first-order valence-electron chi connectivity index (χ1n) is 11.0. The van der Waals surface area contributed by atoms with Gasteiger partial charge in [-0.05, 0) is 38.5 Å². The van der Waals surface area contributed by atoms with Crippen molar-refractivity contribution in [3.63, 3.8) is 0 Å². The van der Waals surface area contributed by atoms with Crippen LogP contribution in [-0.4, -0.2) is 23.8 Å². The molecule has 174 valence electrons. The van der Waals surface area contributed by atoms with Crippen molar-refractivity contribution in [3.8, 4) is 5.75 Å². The Labute approximate surface area is 201 Å². The highest BCUT2D eigenvalue weighted by Gasteiger charge is 2.33. The number of allylic oxidation sites excluding steroid dienone is 1. The Balaban J connectivity index is 1.92. The van der Waals surface area contributed by atoms with E-state index < -0.39 is 12.0 Å². The Morgan fingerprint density at radius 1 is 1.18 bits per heavy atom. The maximum absolute atomic E-state index is 13.7. The number of hydrogen-bond acceptors (Lipinski definition) is 6. The van der Waals surface area contributed by atoms with Crippen molar-refractivity contribution in [3.05, 3.63) is 109 Å². The molecule has 6 nitrogen and oxygen atoms in total. The van der Waals surface area contributed by atoms with Gasteiger partial charge in [0.1, 0.15) is 12.4 Å². The molecule has 0 unspecified atom stereocenters. The average Bonchev–Trinajstić information content (AvgIpc) is 3.12. The van der Waals surface area contributed by atoms with Crippen molar-refractivity contribution in [2.45, 2.75) is 26.8 Å². The molecule has 34 heavy (non-hydrogen) atoms. The Kier molecular flexibility index (Phi) is 6.93. The largest absolute Gasteiger partial charge is 0.489 e. The van der Waals surface area contributed by atoms with Crippen molar-refractivity contribution in [2.75, 3.05) is 13.2 Å². The third kappa shape index (κ3) is 4.52. The minimum Gasteiger partial charge on any atom is -0.489 e. The highest BCUT2D eigenvalue weighted by atomic mass is 32.1. The summed E-state index contributed by atoms with van der Waals surface area (Å²) in [5, 5.41) is 0. The summed E-state index contributed by atoms with van der Waals surface area (Å²) in [6.07, 6.45) is 3.48. The Morgan fingerprint density at radius 3 is 2.62 bits per heavy atom. The van der Waals surface area contributed by atoms with Gasteiger partial charge in [0, 0.05) is 5.56 Å². The first-order chi connectivity index (χ1) is 16.4. The molecule has 1 aliphatic heterocycles. The van der Waals surface area contributed by atoms with Crippen LogP contribution in [0.5, 0.6) is 5.75 Å². The molecule has 0 aliphatic carbocycles. The van der Waals surface area contributed by atoms with Gasteiger partial charge in [0.25, 0.3) is 5.56 Å². The van der Waals surface area contributed by atoms with E-state index >= 15 is 0 Å². The third-order valence-corrected chi connectivity index (χ3v) is 6.46. The van der Waals surface area contributed by atoms with E-state index in [9.17, 15) is 9.59 Å². The number of rotatable bonds is 7. The van der Waals surface area contributed by atoms with Gasteiger partial charge in [0.2, 0.25) is 0 Å². The maximum atomic E-state index is 13.7. The fraction of sp³-hybridized carbons (Fsp3) is 0.222. The van der Waals surface area contributed by atoms with Gasteiger partial charge in [-0.1, -0.05) is 72.0 Å². The smallest absolute Gasteiger partial charge is 0.338 e. The average molecular weight is 475 g/mol. The molecule has 1 atom stereocenters. The quantitative estimate of drug-likeness (QED) is 0.387. The van der Waals surface area contributed by atoms with Crippen molar-refractivity contribution in [1.29, 1.82) is 0 Å². The molecule has 0 fully saturated rings. The van der Waals surface area contributed by atoms with Gasteiger partial charge >= 0.3 is 5.97 Å². The van der Waals surface area contributed by atoms with E-state index in [4.69, 9.17) is 9.47 Å². The molecule has 0 amide bonds. The highest BCUT2D eigenvalue weighted by molar-refractivity contribution is 7.07. The van der Waals surface area contributed by atoms with Gasteiger partial charge in [-0.15, -0.1) is 0 Å². The van der Waals surface area contributed by atoms with Crippen molar-refractivity contribution < 1.29 is 14.3 Å². The van der Waals surface area contributed by atoms with E-state index in [0.717, 1.165) is 16.7 Å². The molecule has 0 spiro atoms. The number of carbonyl (C=O) groups excluding carboxylic acids is 1. The van der Waals surface area contributed by atoms with Crippen LogP contribution in [0.2, 0.25) is 0 Å². The molecule has 1 aliphatic rings. The van der Waals surface area contributed by atoms with Gasteiger partial charge in [0.15, 0.2) is 4.80 Å². The summed E-state index contributed by atoms with van der Waals surface area (Å²) in [6.45, 7) is 9.83. The lowest BCUT2D eigenvalue weighted by Crippen LogP contribution is -2.39. The standard InChI is InChI=1S/C27H26N2O4S/c1-5-15-33-21-10-8-7-9-20(21)16-22-25(30)29-24(19-13-11-17(3)12-14-19)23(26(31)32-6-2)18(4)28-27(29)34-22/h5,7-14,16,24H,1,6,15H2,2-4H3/b22-16+/t24-/m1/s1. The van der Waals surface area contributed by atoms with Gasteiger partial charge in [-0.3, -0.25) is 9.36 Å². The van der Waals surface area contributed by atoms with Crippen LogP contribution in [0.25, 0.3) is 6.08 Å². The monoisotopic (exact) mass is 474 g/mol. The number of aryl methyl sites for hydroxylation is 1. The van der Waals surface area contributed by atoms with Gasteiger partial charge in [-0.2, -0.15) is 0 Å². The maximum Gasteiger partial charge on any atom is 0.338 e. The molecule has 1 aromatic heterocycles. The van der Waals surface area contributed by atoms with Gasteiger partial charge < -0.3 is 9.47 Å². The van der Waals surface area contributed by atoms with Crippen LogP contribution in [0.3, 0.4) is 0 Å². The molecule has 4 rings (SSSR count). The number of benzene rings is 2. The molecular formula is C27H26N2O4S. The summed E-state index contributed by atoms with van der Waals surface area (Å²) in [4.78, 5) is 31.8. The summed E-state index contributed by atoms with van der Waals surface area (Å²) < 4.78 is 13.2. The third-order valence-electron chi connectivity index (χ3n) is 5.47. The molecular weight excluding hydrogens is 448 g/mol. The van der Waals surface area contributed by atoms with Gasteiger partial charge in [-0.25, -0.2) is 9.79 Å². The fourth-order valence-corrected chi connectivity index (χ4v) is 4.91. The lowest BCUT2D eigenvalue weighted by molar-refractivity contribution is -0.139. The molecule has 0 bridgehead atoms. The Hall–Kier alpha value is -3.71.